The van der Waals surface area contributed by atoms with Crippen molar-refractivity contribution in [1.29, 1.82) is 0 Å². The van der Waals surface area contributed by atoms with E-state index in [1.54, 1.807) is 18.1 Å². The molecule has 206 valence electrons. The second kappa shape index (κ2) is 14.8. The van der Waals surface area contributed by atoms with Crippen molar-refractivity contribution in [3.63, 3.8) is 0 Å². The standard InChI is InChI=1S/C24H29FN6O2.C3H6F2/c1-4-17-15-19(27-18-9-7-6-8-10-18)11-12-20(17)23(32)29-30-24-26-16-21(25)22(28-24)31(5-2)13-14-33-3;1-3(2,4)5/h6-12,15-16,27H,4-5,13-14H2,1-3H3,(H,29,32)(H,26,28,30);1-2H3. The van der Waals surface area contributed by atoms with E-state index < -0.39 is 11.7 Å². The lowest BCUT2D eigenvalue weighted by molar-refractivity contribution is 0.0437. The summed E-state index contributed by atoms with van der Waals surface area (Å²) in [5.41, 5.74) is 8.57. The molecule has 38 heavy (non-hydrogen) atoms. The molecule has 0 aliphatic heterocycles. The number of nitrogens with one attached hydrogen (secondary N) is 3. The first kappa shape index (κ1) is 30.4. The molecule has 1 aromatic heterocycles. The normalized spacial score (nSPS) is 10.7. The number of nitrogens with zero attached hydrogens (tertiary/aromatic N) is 3. The quantitative estimate of drug-likeness (QED) is 0.268. The Morgan fingerprint density at radius 2 is 1.76 bits per heavy atom. The molecule has 0 bridgehead atoms. The first-order chi connectivity index (χ1) is 18.0. The average Bonchev–Trinajstić information content (AvgIpc) is 2.88. The minimum atomic E-state index is -2.50. The van der Waals surface area contributed by atoms with Gasteiger partial charge in [-0.05, 0) is 63.1 Å². The van der Waals surface area contributed by atoms with E-state index in [2.05, 4.69) is 26.1 Å². The number of aryl methyl sites for hydroxylation is 1. The molecule has 2 aromatic carbocycles. The summed E-state index contributed by atoms with van der Waals surface area (Å²) in [6.45, 7) is 7.06. The number of alkyl halides is 2. The second-order valence-electron chi connectivity index (χ2n) is 8.56. The van der Waals surface area contributed by atoms with Gasteiger partial charge in [-0.1, -0.05) is 25.1 Å². The van der Waals surface area contributed by atoms with Crippen LogP contribution in [0.4, 0.5) is 36.3 Å². The third kappa shape index (κ3) is 10.3. The fraction of sp³-hybridized carbons (Fsp3) is 0.370. The topological polar surface area (TPSA) is 91.4 Å². The van der Waals surface area contributed by atoms with Gasteiger partial charge >= 0.3 is 0 Å². The summed E-state index contributed by atoms with van der Waals surface area (Å²) < 4.78 is 41.4. The molecule has 3 aromatic rings. The van der Waals surface area contributed by atoms with Crippen molar-refractivity contribution in [2.24, 2.45) is 0 Å². The zero-order chi connectivity index (χ0) is 28.1. The highest BCUT2D eigenvalue weighted by atomic mass is 19.3. The number of benzene rings is 2. The van der Waals surface area contributed by atoms with Crippen LogP contribution in [0.5, 0.6) is 0 Å². The number of amides is 1. The summed E-state index contributed by atoms with van der Waals surface area (Å²) in [5.74, 6) is -3.14. The molecule has 0 aliphatic rings. The van der Waals surface area contributed by atoms with E-state index in [1.165, 1.54) is 0 Å². The SMILES string of the molecule is CC(C)(F)F.CCc1cc(Nc2ccccc2)ccc1C(=O)NNc1ncc(F)c(N(CC)CCOC)n1. The molecule has 0 unspecified atom stereocenters. The fourth-order valence-electron chi connectivity index (χ4n) is 3.31. The predicted molar refractivity (Wildman–Crippen MR) is 145 cm³/mol. The smallest absolute Gasteiger partial charge is 0.269 e. The number of likely N-dealkylation sites (N-methyl/N-ethyl adjacent to an activating group) is 1. The molecule has 1 heterocycles. The third-order valence-corrected chi connectivity index (χ3v) is 5.05. The summed E-state index contributed by atoms with van der Waals surface area (Å²) in [7, 11) is 1.58. The molecule has 3 rings (SSSR count). The van der Waals surface area contributed by atoms with Gasteiger partial charge in [0.1, 0.15) is 0 Å². The van der Waals surface area contributed by atoms with Gasteiger partial charge in [-0.25, -0.2) is 18.2 Å². The van der Waals surface area contributed by atoms with E-state index in [1.807, 2.05) is 56.3 Å². The van der Waals surface area contributed by atoms with Crippen LogP contribution < -0.4 is 21.1 Å². The summed E-state index contributed by atoms with van der Waals surface area (Å²) in [6.07, 6.45) is 1.75. The van der Waals surface area contributed by atoms with Gasteiger partial charge in [0.25, 0.3) is 5.91 Å². The van der Waals surface area contributed by atoms with Crippen molar-refractivity contribution in [3.05, 3.63) is 71.7 Å². The third-order valence-electron chi connectivity index (χ3n) is 5.05. The average molecular weight is 533 g/mol. The molecule has 8 nitrogen and oxygen atoms in total. The first-order valence-electron chi connectivity index (χ1n) is 12.2. The number of ether oxygens (including phenoxy) is 1. The molecule has 0 aliphatic carbocycles. The first-order valence-corrected chi connectivity index (χ1v) is 12.2. The molecule has 0 atom stereocenters. The lowest BCUT2D eigenvalue weighted by atomic mass is 10.0. The molecule has 11 heteroatoms. The van der Waals surface area contributed by atoms with Crippen LogP contribution in [0, 0.1) is 5.82 Å². The molecular weight excluding hydrogens is 497 g/mol. The molecule has 0 radical (unpaired) electrons. The molecule has 0 fully saturated rings. The number of para-hydroxylation sites is 1. The number of rotatable bonds is 11. The zero-order valence-electron chi connectivity index (χ0n) is 22.3. The van der Waals surface area contributed by atoms with E-state index in [9.17, 15) is 18.0 Å². The molecule has 1 amide bonds. The van der Waals surface area contributed by atoms with E-state index >= 15 is 0 Å². The van der Waals surface area contributed by atoms with Crippen LogP contribution in [0.25, 0.3) is 0 Å². The van der Waals surface area contributed by atoms with Gasteiger partial charge in [-0.2, -0.15) is 4.98 Å². The number of halogens is 3. The Morgan fingerprint density at radius 3 is 2.37 bits per heavy atom. The van der Waals surface area contributed by atoms with Crippen molar-refractivity contribution in [2.45, 2.75) is 40.0 Å². The van der Waals surface area contributed by atoms with Crippen molar-refractivity contribution in [2.75, 3.05) is 42.4 Å². The lowest BCUT2D eigenvalue weighted by Gasteiger charge is -2.22. The van der Waals surface area contributed by atoms with E-state index in [4.69, 9.17) is 4.74 Å². The lowest BCUT2D eigenvalue weighted by Crippen LogP contribution is -2.32. The maximum Gasteiger partial charge on any atom is 0.269 e. The molecular formula is C27H35F3N6O2. The van der Waals surface area contributed by atoms with Crippen LogP contribution in [0.3, 0.4) is 0 Å². The number of hydrogen-bond donors (Lipinski definition) is 3. The summed E-state index contributed by atoms with van der Waals surface area (Å²) in [4.78, 5) is 22.7. The van der Waals surface area contributed by atoms with Gasteiger partial charge < -0.3 is 15.0 Å². The molecule has 0 spiro atoms. The minimum absolute atomic E-state index is 0.0935. The summed E-state index contributed by atoms with van der Waals surface area (Å²) >= 11 is 0. The van der Waals surface area contributed by atoms with Crippen LogP contribution >= 0.6 is 0 Å². The van der Waals surface area contributed by atoms with Crippen LogP contribution in [0.1, 0.15) is 43.6 Å². The Morgan fingerprint density at radius 1 is 1.08 bits per heavy atom. The summed E-state index contributed by atoms with van der Waals surface area (Å²) in [6, 6.07) is 15.4. The van der Waals surface area contributed by atoms with Crippen molar-refractivity contribution in [1.82, 2.24) is 15.4 Å². The van der Waals surface area contributed by atoms with Crippen molar-refractivity contribution in [3.8, 4) is 0 Å². The fourth-order valence-corrected chi connectivity index (χ4v) is 3.31. The molecule has 0 saturated carbocycles. The Kier molecular flexibility index (Phi) is 11.8. The number of carbonyl (C=O) groups excluding carboxylic acids is 1. The molecule has 0 saturated heterocycles. The van der Waals surface area contributed by atoms with Crippen molar-refractivity contribution >= 4 is 29.0 Å². The van der Waals surface area contributed by atoms with Gasteiger partial charge in [0.15, 0.2) is 11.6 Å². The Labute approximate surface area is 221 Å². The minimum Gasteiger partial charge on any atom is -0.383 e. The second-order valence-corrected chi connectivity index (χ2v) is 8.56. The van der Waals surface area contributed by atoms with Gasteiger partial charge in [0, 0.05) is 37.1 Å². The number of methoxy groups -OCH3 is 1. The monoisotopic (exact) mass is 532 g/mol. The van der Waals surface area contributed by atoms with E-state index in [0.717, 1.165) is 37.0 Å². The van der Waals surface area contributed by atoms with Crippen LogP contribution in [0.15, 0.2) is 54.7 Å². The van der Waals surface area contributed by atoms with Crippen LogP contribution in [0.2, 0.25) is 0 Å². The Balaban J connectivity index is 0.000000926. The highest BCUT2D eigenvalue weighted by Crippen LogP contribution is 2.21. The molecule has 3 N–H and O–H groups in total. The van der Waals surface area contributed by atoms with E-state index in [-0.39, 0.29) is 17.7 Å². The Hall–Kier alpha value is -3.86. The largest absolute Gasteiger partial charge is 0.383 e. The number of carbonyl (C=O) groups is 1. The maximum atomic E-state index is 14.3. The maximum absolute atomic E-state index is 14.3. The van der Waals surface area contributed by atoms with Gasteiger partial charge in [-0.3, -0.25) is 15.6 Å². The predicted octanol–water partition coefficient (Wildman–Crippen LogP) is 5.81. The van der Waals surface area contributed by atoms with Crippen LogP contribution in [-0.2, 0) is 11.2 Å². The Bertz CT molecular complexity index is 1150. The van der Waals surface area contributed by atoms with Gasteiger partial charge in [0.05, 0.1) is 12.8 Å². The zero-order valence-corrected chi connectivity index (χ0v) is 22.3. The van der Waals surface area contributed by atoms with Crippen molar-refractivity contribution < 1.29 is 22.7 Å². The highest BCUT2D eigenvalue weighted by Gasteiger charge is 2.15. The number of anilines is 4. The number of hydrogen-bond acceptors (Lipinski definition) is 7. The van der Waals surface area contributed by atoms with Gasteiger partial charge in [0.2, 0.25) is 11.9 Å². The number of aromatic nitrogens is 2. The summed E-state index contributed by atoms with van der Waals surface area (Å²) in [5, 5.41) is 3.33. The van der Waals surface area contributed by atoms with Gasteiger partial charge in [-0.15, -0.1) is 0 Å². The van der Waals surface area contributed by atoms with Crippen LogP contribution in [-0.4, -0.2) is 48.6 Å². The van der Waals surface area contributed by atoms with E-state index in [0.29, 0.717) is 31.7 Å². The highest BCUT2D eigenvalue weighted by molar-refractivity contribution is 5.96. The number of hydrazine groups is 1.